The number of anilines is 3. The highest BCUT2D eigenvalue weighted by Crippen LogP contribution is 2.43. The Labute approximate surface area is 211 Å². The molecule has 186 valence electrons. The third-order valence-corrected chi connectivity index (χ3v) is 6.51. The first-order valence-electron chi connectivity index (χ1n) is 12.0. The molecule has 2 atom stereocenters. The van der Waals surface area contributed by atoms with Gasteiger partial charge in [-0.3, -0.25) is 14.4 Å². The molecule has 3 aromatic rings. The summed E-state index contributed by atoms with van der Waals surface area (Å²) in [6.07, 6.45) is 0.677. The number of aryl methyl sites for hydroxylation is 2. The molecule has 2 N–H and O–H groups in total. The van der Waals surface area contributed by atoms with Crippen LogP contribution in [-0.2, 0) is 14.4 Å². The van der Waals surface area contributed by atoms with E-state index in [-0.39, 0.29) is 24.1 Å². The minimum atomic E-state index is -0.537. The van der Waals surface area contributed by atoms with Gasteiger partial charge in [-0.2, -0.15) is 0 Å². The predicted octanol–water partition coefficient (Wildman–Crippen LogP) is 5.39. The van der Waals surface area contributed by atoms with Gasteiger partial charge in [0.1, 0.15) is 5.75 Å². The van der Waals surface area contributed by atoms with Gasteiger partial charge in [-0.15, -0.1) is 0 Å². The van der Waals surface area contributed by atoms with Crippen LogP contribution in [0.15, 0.2) is 66.7 Å². The molecule has 7 heteroatoms. The summed E-state index contributed by atoms with van der Waals surface area (Å²) in [7, 11) is 1.59. The van der Waals surface area contributed by atoms with Crippen LogP contribution in [-0.4, -0.2) is 24.8 Å². The number of carbonyl (C=O) groups is 3. The number of rotatable bonds is 6. The number of benzene rings is 3. The van der Waals surface area contributed by atoms with Crippen LogP contribution in [0.3, 0.4) is 0 Å². The molecule has 1 saturated heterocycles. The van der Waals surface area contributed by atoms with E-state index in [4.69, 9.17) is 4.74 Å². The van der Waals surface area contributed by atoms with Gasteiger partial charge in [0, 0.05) is 36.0 Å². The lowest BCUT2D eigenvalue weighted by Gasteiger charge is -2.41. The van der Waals surface area contributed by atoms with Crippen molar-refractivity contribution < 1.29 is 19.1 Å². The second-order valence-corrected chi connectivity index (χ2v) is 9.13. The minimum Gasteiger partial charge on any atom is -0.496 e. The van der Waals surface area contributed by atoms with Crippen molar-refractivity contribution in [2.45, 2.75) is 39.7 Å². The number of methoxy groups -OCH3 is 1. The second kappa shape index (κ2) is 10.6. The van der Waals surface area contributed by atoms with E-state index in [1.54, 1.807) is 24.1 Å². The van der Waals surface area contributed by atoms with Gasteiger partial charge in [-0.05, 0) is 62.2 Å². The zero-order valence-electron chi connectivity index (χ0n) is 21.0. The summed E-state index contributed by atoms with van der Waals surface area (Å²) in [4.78, 5) is 40.1. The van der Waals surface area contributed by atoms with Gasteiger partial charge in [0.05, 0.1) is 19.1 Å². The molecule has 2 unspecified atom stereocenters. The van der Waals surface area contributed by atoms with Crippen molar-refractivity contribution in [2.24, 2.45) is 5.92 Å². The van der Waals surface area contributed by atoms with Crippen molar-refractivity contribution in [3.05, 3.63) is 83.4 Å². The molecule has 36 heavy (non-hydrogen) atoms. The number of amides is 3. The van der Waals surface area contributed by atoms with Crippen LogP contribution in [0, 0.1) is 19.8 Å². The largest absolute Gasteiger partial charge is 0.496 e. The maximum absolute atomic E-state index is 13.7. The van der Waals surface area contributed by atoms with Crippen molar-refractivity contribution in [2.75, 3.05) is 22.6 Å². The van der Waals surface area contributed by atoms with Crippen molar-refractivity contribution >= 4 is 34.8 Å². The lowest BCUT2D eigenvalue weighted by molar-refractivity contribution is -0.126. The fourth-order valence-electron chi connectivity index (χ4n) is 4.75. The maximum atomic E-state index is 13.7. The first-order chi connectivity index (χ1) is 17.3. The molecule has 3 aromatic carbocycles. The first kappa shape index (κ1) is 25.0. The summed E-state index contributed by atoms with van der Waals surface area (Å²) in [6, 6.07) is 20.1. The number of piperidine rings is 1. The van der Waals surface area contributed by atoms with Crippen LogP contribution in [0.2, 0.25) is 0 Å². The van der Waals surface area contributed by atoms with Crippen molar-refractivity contribution in [1.29, 1.82) is 0 Å². The number of hydrogen-bond donors (Lipinski definition) is 2. The van der Waals surface area contributed by atoms with E-state index >= 15 is 0 Å². The predicted molar refractivity (Wildman–Crippen MR) is 141 cm³/mol. The summed E-state index contributed by atoms with van der Waals surface area (Å²) in [6.45, 7) is 5.32. The van der Waals surface area contributed by atoms with Gasteiger partial charge < -0.3 is 20.3 Å². The highest BCUT2D eigenvalue weighted by Gasteiger charge is 2.42. The number of nitrogens with one attached hydrogen (secondary N) is 2. The number of carbonyl (C=O) groups excluding carboxylic acids is 3. The zero-order chi connectivity index (χ0) is 25.8. The Morgan fingerprint density at radius 2 is 1.69 bits per heavy atom. The zero-order valence-corrected chi connectivity index (χ0v) is 21.0. The molecule has 1 aliphatic heterocycles. The van der Waals surface area contributed by atoms with Gasteiger partial charge >= 0.3 is 0 Å². The van der Waals surface area contributed by atoms with E-state index in [0.29, 0.717) is 23.5 Å². The van der Waals surface area contributed by atoms with Gasteiger partial charge in [-0.1, -0.05) is 35.9 Å². The third-order valence-electron chi connectivity index (χ3n) is 6.51. The Kier molecular flexibility index (Phi) is 7.38. The average Bonchev–Trinajstić information content (AvgIpc) is 2.86. The maximum Gasteiger partial charge on any atom is 0.229 e. The SMILES string of the molecule is COc1ccccc1C1C(C(=O)Nc2ccc(NC(C)=O)c(C)c2)CCC(=O)N1c1ccc(C)cc1. The molecule has 0 bridgehead atoms. The monoisotopic (exact) mass is 485 g/mol. The molecule has 0 spiro atoms. The summed E-state index contributed by atoms with van der Waals surface area (Å²) in [5, 5.41) is 5.82. The second-order valence-electron chi connectivity index (χ2n) is 9.13. The summed E-state index contributed by atoms with van der Waals surface area (Å²) in [5.74, 6) is -0.243. The molecule has 1 fully saturated rings. The summed E-state index contributed by atoms with van der Waals surface area (Å²) < 4.78 is 5.64. The molecule has 7 nitrogen and oxygen atoms in total. The number of nitrogens with zero attached hydrogens (tertiary/aromatic N) is 1. The number of hydrogen-bond acceptors (Lipinski definition) is 4. The van der Waals surface area contributed by atoms with E-state index < -0.39 is 12.0 Å². The first-order valence-corrected chi connectivity index (χ1v) is 12.0. The van der Waals surface area contributed by atoms with Gasteiger partial charge in [0.2, 0.25) is 17.7 Å². The van der Waals surface area contributed by atoms with E-state index in [1.165, 1.54) is 6.92 Å². The van der Waals surface area contributed by atoms with Crippen molar-refractivity contribution in [1.82, 2.24) is 0 Å². The third kappa shape index (κ3) is 5.25. The Morgan fingerprint density at radius 1 is 0.972 bits per heavy atom. The Morgan fingerprint density at radius 3 is 2.36 bits per heavy atom. The highest BCUT2D eigenvalue weighted by atomic mass is 16.5. The molecule has 3 amide bonds. The molecular formula is C29H31N3O4. The normalized spacial score (nSPS) is 17.4. The summed E-state index contributed by atoms with van der Waals surface area (Å²) >= 11 is 0. The lowest BCUT2D eigenvalue weighted by Crippen LogP contribution is -2.47. The molecular weight excluding hydrogens is 454 g/mol. The van der Waals surface area contributed by atoms with Crippen LogP contribution >= 0.6 is 0 Å². The summed E-state index contributed by atoms with van der Waals surface area (Å²) in [5.41, 5.74) is 4.78. The molecule has 1 heterocycles. The van der Waals surface area contributed by atoms with Crippen LogP contribution in [0.1, 0.15) is 42.5 Å². The smallest absolute Gasteiger partial charge is 0.229 e. The number of para-hydroxylation sites is 1. The van der Waals surface area contributed by atoms with Gasteiger partial charge in [0.25, 0.3) is 0 Å². The topological polar surface area (TPSA) is 87.7 Å². The fraction of sp³-hybridized carbons (Fsp3) is 0.276. The van der Waals surface area contributed by atoms with E-state index in [1.807, 2.05) is 68.4 Å². The van der Waals surface area contributed by atoms with Crippen LogP contribution in [0.5, 0.6) is 5.75 Å². The Balaban J connectivity index is 1.71. The van der Waals surface area contributed by atoms with Crippen molar-refractivity contribution in [3.63, 3.8) is 0 Å². The molecule has 0 saturated carbocycles. The van der Waals surface area contributed by atoms with Gasteiger partial charge in [0.15, 0.2) is 0 Å². The quantitative estimate of drug-likeness (QED) is 0.490. The fourth-order valence-corrected chi connectivity index (χ4v) is 4.75. The molecule has 0 radical (unpaired) electrons. The Bertz CT molecular complexity index is 1290. The highest BCUT2D eigenvalue weighted by molar-refractivity contribution is 6.00. The molecule has 0 aromatic heterocycles. The standard InChI is InChI=1S/C29H31N3O4/c1-18-9-12-22(13-10-18)32-27(34)16-14-24(28(32)23-7-5-6-8-26(23)36-4)29(35)31-21-11-15-25(19(2)17-21)30-20(3)33/h5-13,15,17,24,28H,14,16H2,1-4H3,(H,30,33)(H,31,35). The molecule has 0 aliphatic carbocycles. The van der Waals surface area contributed by atoms with E-state index in [2.05, 4.69) is 10.6 Å². The molecule has 1 aliphatic rings. The molecule has 4 rings (SSSR count). The Hall–Kier alpha value is -4.13. The van der Waals surface area contributed by atoms with E-state index in [9.17, 15) is 14.4 Å². The van der Waals surface area contributed by atoms with Crippen LogP contribution in [0.4, 0.5) is 17.1 Å². The lowest BCUT2D eigenvalue weighted by atomic mass is 9.82. The van der Waals surface area contributed by atoms with Crippen LogP contribution in [0.25, 0.3) is 0 Å². The van der Waals surface area contributed by atoms with E-state index in [0.717, 1.165) is 22.4 Å². The number of ether oxygens (including phenoxy) is 1. The average molecular weight is 486 g/mol. The minimum absolute atomic E-state index is 0.0330. The van der Waals surface area contributed by atoms with Gasteiger partial charge in [-0.25, -0.2) is 0 Å². The van der Waals surface area contributed by atoms with Crippen LogP contribution < -0.4 is 20.3 Å². The van der Waals surface area contributed by atoms with Crippen molar-refractivity contribution in [3.8, 4) is 5.75 Å².